The van der Waals surface area contributed by atoms with Crippen LogP contribution in [0.3, 0.4) is 0 Å². The van der Waals surface area contributed by atoms with E-state index in [9.17, 15) is 30.0 Å². The van der Waals surface area contributed by atoms with Crippen LogP contribution in [0.1, 0.15) is 40.5 Å². The van der Waals surface area contributed by atoms with Gasteiger partial charge in [0.15, 0.2) is 11.4 Å². The number of carbonyl (C=O) groups excluding carboxylic acids is 1. The van der Waals surface area contributed by atoms with E-state index in [1.807, 2.05) is 0 Å². The number of aliphatic hydroxyl groups is 3. The van der Waals surface area contributed by atoms with Crippen molar-refractivity contribution in [3.05, 3.63) is 24.0 Å². The predicted octanol–water partition coefficient (Wildman–Crippen LogP) is 0.751. The van der Waals surface area contributed by atoms with Crippen LogP contribution in [0.25, 0.3) is 0 Å². The number of rotatable bonds is 3. The van der Waals surface area contributed by atoms with Gasteiger partial charge in [0.05, 0.1) is 12.2 Å². The molecule has 2 fully saturated rings. The molecule has 0 radical (unpaired) electrons. The van der Waals surface area contributed by atoms with Crippen LogP contribution in [0.15, 0.2) is 24.0 Å². The maximum atomic E-state index is 12.5. The fourth-order valence-corrected chi connectivity index (χ4v) is 4.79. The molecule has 156 valence electrons. The Morgan fingerprint density at radius 3 is 2.54 bits per heavy atom. The minimum Gasteiger partial charge on any atom is -0.481 e. The first-order valence-corrected chi connectivity index (χ1v) is 9.47. The predicted molar refractivity (Wildman–Crippen MR) is 96.9 cm³/mol. The average molecular weight is 396 g/mol. The highest BCUT2D eigenvalue weighted by Crippen LogP contribution is 2.58. The monoisotopic (exact) mass is 396 g/mol. The summed E-state index contributed by atoms with van der Waals surface area (Å²) in [6, 6.07) is 0. The molecule has 0 aromatic carbocycles. The normalized spacial score (nSPS) is 46.8. The largest absolute Gasteiger partial charge is 0.481 e. The summed E-state index contributed by atoms with van der Waals surface area (Å²) in [5.74, 6) is -5.57. The summed E-state index contributed by atoms with van der Waals surface area (Å²) in [6.45, 7) is 10.0. The SMILES string of the molecule is C=C1C2=CC(=O)C(C)(CC3OC(O)(C(C)CC)C(C)(C(=O)O)C3C(O)C1O)O2. The summed E-state index contributed by atoms with van der Waals surface area (Å²) in [4.78, 5) is 24.9. The van der Waals surface area contributed by atoms with Gasteiger partial charge in [0.1, 0.15) is 17.3 Å². The van der Waals surface area contributed by atoms with Gasteiger partial charge in [0.2, 0.25) is 5.78 Å². The van der Waals surface area contributed by atoms with Crippen molar-refractivity contribution in [3.63, 3.8) is 0 Å². The minimum absolute atomic E-state index is 0.0167. The molecule has 0 aromatic rings. The molecule has 4 N–H and O–H groups in total. The van der Waals surface area contributed by atoms with Crippen molar-refractivity contribution in [2.75, 3.05) is 0 Å². The number of aliphatic hydroxyl groups excluding tert-OH is 2. The Morgan fingerprint density at radius 1 is 1.39 bits per heavy atom. The highest BCUT2D eigenvalue weighted by molar-refractivity contribution is 6.00. The molecular formula is C20H28O8. The molecule has 0 aliphatic carbocycles. The van der Waals surface area contributed by atoms with Gasteiger partial charge in [-0.2, -0.15) is 0 Å². The molecule has 8 heteroatoms. The van der Waals surface area contributed by atoms with Crippen LogP contribution in [0.2, 0.25) is 0 Å². The Hall–Kier alpha value is -1.74. The van der Waals surface area contributed by atoms with Crippen molar-refractivity contribution < 1.29 is 39.5 Å². The van der Waals surface area contributed by atoms with E-state index in [0.717, 1.165) is 0 Å². The number of ether oxygens (including phenoxy) is 2. The van der Waals surface area contributed by atoms with Crippen molar-refractivity contribution in [1.29, 1.82) is 0 Å². The molecule has 2 saturated heterocycles. The summed E-state index contributed by atoms with van der Waals surface area (Å²) in [5.41, 5.74) is -3.33. The molecule has 8 nitrogen and oxygen atoms in total. The van der Waals surface area contributed by atoms with E-state index in [1.54, 1.807) is 13.8 Å². The van der Waals surface area contributed by atoms with Gasteiger partial charge in [0, 0.05) is 29.9 Å². The van der Waals surface area contributed by atoms with E-state index < -0.39 is 52.9 Å². The molecule has 8 unspecified atom stereocenters. The van der Waals surface area contributed by atoms with Gasteiger partial charge in [-0.15, -0.1) is 0 Å². The lowest BCUT2D eigenvalue weighted by atomic mass is 9.63. The Balaban J connectivity index is 2.20. The number of hydrogen-bond donors (Lipinski definition) is 4. The molecule has 0 saturated carbocycles. The molecule has 8 atom stereocenters. The van der Waals surface area contributed by atoms with E-state index in [0.29, 0.717) is 6.42 Å². The van der Waals surface area contributed by atoms with Crippen LogP contribution in [-0.4, -0.2) is 61.9 Å². The summed E-state index contributed by atoms with van der Waals surface area (Å²) in [7, 11) is 0. The topological polar surface area (TPSA) is 134 Å². The third-order valence-electron chi connectivity index (χ3n) is 6.94. The van der Waals surface area contributed by atoms with Gasteiger partial charge < -0.3 is 29.9 Å². The van der Waals surface area contributed by atoms with Crippen molar-refractivity contribution in [2.24, 2.45) is 17.3 Å². The zero-order chi connectivity index (χ0) is 21.2. The Bertz CT molecular complexity index is 759. The second kappa shape index (κ2) is 6.38. The van der Waals surface area contributed by atoms with Crippen molar-refractivity contribution in [1.82, 2.24) is 0 Å². The number of aliphatic carboxylic acids is 1. The van der Waals surface area contributed by atoms with Gasteiger partial charge in [-0.25, -0.2) is 0 Å². The Kier molecular flexibility index (Phi) is 4.78. The Labute approximate surface area is 163 Å². The smallest absolute Gasteiger partial charge is 0.315 e. The average Bonchev–Trinajstić information content (AvgIpc) is 3.05. The zero-order valence-electron chi connectivity index (χ0n) is 16.5. The van der Waals surface area contributed by atoms with Crippen molar-refractivity contribution in [2.45, 2.75) is 70.2 Å². The van der Waals surface area contributed by atoms with Crippen molar-refractivity contribution >= 4 is 11.8 Å². The van der Waals surface area contributed by atoms with Crippen LogP contribution >= 0.6 is 0 Å². The third kappa shape index (κ3) is 2.51. The molecule has 0 amide bonds. The van der Waals surface area contributed by atoms with Crippen LogP contribution < -0.4 is 0 Å². The van der Waals surface area contributed by atoms with E-state index in [2.05, 4.69) is 6.58 Å². The standard InChI is InChI=1S/C20H28O8/c1-6-9(2)20(26)19(5,17(24)25)14-12(28-20)8-18(4)13(21)7-11(27-18)10(3)15(22)16(14)23/h7,9,12,14-16,22-23,26H,3,6,8H2,1-2,4-5H3,(H,24,25). The van der Waals surface area contributed by atoms with E-state index in [-0.39, 0.29) is 23.5 Å². The second-order valence-corrected chi connectivity index (χ2v) is 8.57. The van der Waals surface area contributed by atoms with Crippen LogP contribution in [0, 0.1) is 17.3 Å². The molecule has 3 heterocycles. The highest BCUT2D eigenvalue weighted by Gasteiger charge is 2.71. The summed E-state index contributed by atoms with van der Waals surface area (Å²) in [5, 5.41) is 43.1. The van der Waals surface area contributed by atoms with Gasteiger partial charge in [-0.05, 0) is 20.3 Å². The molecule has 0 spiro atoms. The fourth-order valence-electron chi connectivity index (χ4n) is 4.79. The molecule has 3 aliphatic heterocycles. The number of hydrogen-bond acceptors (Lipinski definition) is 7. The van der Waals surface area contributed by atoms with Gasteiger partial charge in [0.25, 0.3) is 0 Å². The van der Waals surface area contributed by atoms with Crippen LogP contribution in [0.4, 0.5) is 0 Å². The first kappa shape index (κ1) is 21.0. The zero-order valence-corrected chi connectivity index (χ0v) is 16.5. The third-order valence-corrected chi connectivity index (χ3v) is 6.94. The molecule has 2 bridgehead atoms. The summed E-state index contributed by atoms with van der Waals surface area (Å²) >= 11 is 0. The number of carbonyl (C=O) groups is 2. The van der Waals surface area contributed by atoms with Crippen LogP contribution in [0.5, 0.6) is 0 Å². The quantitative estimate of drug-likeness (QED) is 0.549. The number of fused-ring (bicyclic) bond motifs is 3. The van der Waals surface area contributed by atoms with Gasteiger partial charge in [-0.1, -0.05) is 20.4 Å². The number of carboxylic acids is 1. The highest BCUT2D eigenvalue weighted by atomic mass is 16.6. The van der Waals surface area contributed by atoms with Crippen LogP contribution in [-0.2, 0) is 19.1 Å². The molecule has 0 aromatic heterocycles. The fraction of sp³-hybridized carbons (Fsp3) is 0.700. The maximum absolute atomic E-state index is 12.5. The van der Waals surface area contributed by atoms with E-state index >= 15 is 0 Å². The summed E-state index contributed by atoms with van der Waals surface area (Å²) in [6.07, 6.45) is -2.69. The number of ketones is 1. The van der Waals surface area contributed by atoms with Crippen molar-refractivity contribution in [3.8, 4) is 0 Å². The minimum atomic E-state index is -2.11. The lowest BCUT2D eigenvalue weighted by molar-refractivity contribution is -0.269. The second-order valence-electron chi connectivity index (χ2n) is 8.57. The maximum Gasteiger partial charge on any atom is 0.315 e. The lowest BCUT2D eigenvalue weighted by Crippen LogP contribution is -2.58. The molecular weight excluding hydrogens is 368 g/mol. The number of carboxylic acid groups (broad SMARTS) is 1. The first-order chi connectivity index (χ1) is 12.8. The summed E-state index contributed by atoms with van der Waals surface area (Å²) < 4.78 is 11.6. The van der Waals surface area contributed by atoms with E-state index in [4.69, 9.17) is 9.47 Å². The molecule has 3 rings (SSSR count). The van der Waals surface area contributed by atoms with E-state index in [1.165, 1.54) is 19.9 Å². The Morgan fingerprint density at radius 2 is 2.00 bits per heavy atom. The van der Waals surface area contributed by atoms with Gasteiger partial charge >= 0.3 is 5.97 Å². The lowest BCUT2D eigenvalue weighted by Gasteiger charge is -2.42. The molecule has 3 aliphatic rings. The van der Waals surface area contributed by atoms with Gasteiger partial charge in [-0.3, -0.25) is 9.59 Å². The molecule has 28 heavy (non-hydrogen) atoms. The first-order valence-electron chi connectivity index (χ1n) is 9.47.